The number of hydrazone groups is 1. The lowest BCUT2D eigenvalue weighted by atomic mass is 9.96. The van der Waals surface area contributed by atoms with Gasteiger partial charge in [0.05, 0.1) is 12.3 Å². The maximum atomic E-state index is 9.89. The number of piperazine rings is 1. The summed E-state index contributed by atoms with van der Waals surface area (Å²) in [5, 5.41) is 16.5. The van der Waals surface area contributed by atoms with Gasteiger partial charge in [0.2, 0.25) is 0 Å². The fourth-order valence-corrected chi connectivity index (χ4v) is 3.71. The van der Waals surface area contributed by atoms with E-state index in [-0.39, 0.29) is 11.8 Å². The predicted octanol–water partition coefficient (Wildman–Crippen LogP) is 4.13. The Morgan fingerprint density at radius 3 is 1.82 bits per heavy atom. The number of para-hydroxylation sites is 1. The molecular formula is C24H25N3O. The second-order valence-electron chi connectivity index (χ2n) is 7.02. The van der Waals surface area contributed by atoms with Crippen molar-refractivity contribution in [1.82, 2.24) is 9.91 Å². The highest BCUT2D eigenvalue weighted by molar-refractivity contribution is 5.82. The first-order valence-corrected chi connectivity index (χ1v) is 9.72. The van der Waals surface area contributed by atoms with Crippen LogP contribution in [0.2, 0.25) is 0 Å². The van der Waals surface area contributed by atoms with Gasteiger partial charge in [-0.05, 0) is 23.3 Å². The van der Waals surface area contributed by atoms with Gasteiger partial charge < -0.3 is 5.11 Å². The monoisotopic (exact) mass is 371 g/mol. The van der Waals surface area contributed by atoms with Crippen molar-refractivity contribution in [2.45, 2.75) is 6.04 Å². The minimum absolute atomic E-state index is 0.256. The number of hydrogen-bond donors (Lipinski definition) is 1. The molecule has 0 amide bonds. The molecule has 1 N–H and O–H groups in total. The highest BCUT2D eigenvalue weighted by atomic mass is 16.3. The number of benzene rings is 3. The summed E-state index contributed by atoms with van der Waals surface area (Å²) in [4.78, 5) is 2.52. The largest absolute Gasteiger partial charge is 0.507 e. The minimum Gasteiger partial charge on any atom is -0.507 e. The molecule has 4 heteroatoms. The van der Waals surface area contributed by atoms with Crippen LogP contribution in [-0.2, 0) is 0 Å². The van der Waals surface area contributed by atoms with Gasteiger partial charge in [0.15, 0.2) is 0 Å². The quantitative estimate of drug-likeness (QED) is 0.686. The molecule has 1 aliphatic heterocycles. The van der Waals surface area contributed by atoms with Crippen LogP contribution >= 0.6 is 0 Å². The Hall–Kier alpha value is -3.11. The zero-order valence-corrected chi connectivity index (χ0v) is 15.9. The normalized spacial score (nSPS) is 15.4. The van der Waals surface area contributed by atoms with Crippen molar-refractivity contribution >= 4 is 6.21 Å². The summed E-state index contributed by atoms with van der Waals surface area (Å²) in [5.74, 6) is 0.262. The maximum Gasteiger partial charge on any atom is 0.124 e. The van der Waals surface area contributed by atoms with Crippen LogP contribution in [0.5, 0.6) is 5.75 Å². The van der Waals surface area contributed by atoms with Gasteiger partial charge >= 0.3 is 0 Å². The van der Waals surface area contributed by atoms with Crippen molar-refractivity contribution < 1.29 is 5.11 Å². The average Bonchev–Trinajstić information content (AvgIpc) is 2.76. The molecule has 0 saturated carbocycles. The van der Waals surface area contributed by atoms with Crippen molar-refractivity contribution in [3.05, 3.63) is 102 Å². The van der Waals surface area contributed by atoms with Crippen LogP contribution in [-0.4, -0.2) is 47.4 Å². The van der Waals surface area contributed by atoms with Crippen LogP contribution in [0.4, 0.5) is 0 Å². The van der Waals surface area contributed by atoms with Gasteiger partial charge in [0.1, 0.15) is 5.75 Å². The van der Waals surface area contributed by atoms with Crippen molar-refractivity contribution in [3.8, 4) is 5.75 Å². The topological polar surface area (TPSA) is 39.1 Å². The van der Waals surface area contributed by atoms with E-state index in [0.717, 1.165) is 31.7 Å². The molecule has 1 saturated heterocycles. The molecule has 0 atom stereocenters. The van der Waals surface area contributed by atoms with Crippen molar-refractivity contribution in [1.29, 1.82) is 0 Å². The second-order valence-corrected chi connectivity index (χ2v) is 7.02. The van der Waals surface area contributed by atoms with E-state index in [0.29, 0.717) is 0 Å². The highest BCUT2D eigenvalue weighted by Gasteiger charge is 2.25. The molecule has 0 spiro atoms. The smallest absolute Gasteiger partial charge is 0.124 e. The van der Waals surface area contributed by atoms with Crippen LogP contribution in [0, 0.1) is 0 Å². The molecule has 28 heavy (non-hydrogen) atoms. The summed E-state index contributed by atoms with van der Waals surface area (Å²) in [6.45, 7) is 3.60. The van der Waals surface area contributed by atoms with Gasteiger partial charge in [0, 0.05) is 31.7 Å². The summed E-state index contributed by atoms with van der Waals surface area (Å²) in [5.41, 5.74) is 3.39. The van der Waals surface area contributed by atoms with E-state index < -0.39 is 0 Å². The Morgan fingerprint density at radius 2 is 1.25 bits per heavy atom. The van der Waals surface area contributed by atoms with E-state index in [1.165, 1.54) is 11.1 Å². The van der Waals surface area contributed by atoms with E-state index in [1.54, 1.807) is 12.3 Å². The summed E-state index contributed by atoms with van der Waals surface area (Å²) >= 11 is 0. The van der Waals surface area contributed by atoms with Gasteiger partial charge in [-0.3, -0.25) is 9.91 Å². The molecule has 142 valence electrons. The third-order valence-electron chi connectivity index (χ3n) is 5.18. The van der Waals surface area contributed by atoms with Crippen LogP contribution in [0.1, 0.15) is 22.7 Å². The fraction of sp³-hybridized carbons (Fsp3) is 0.208. The number of phenols is 1. The lowest BCUT2D eigenvalue weighted by Gasteiger charge is -2.38. The predicted molar refractivity (Wildman–Crippen MR) is 114 cm³/mol. The van der Waals surface area contributed by atoms with Crippen LogP contribution < -0.4 is 0 Å². The van der Waals surface area contributed by atoms with Gasteiger partial charge in [0.25, 0.3) is 0 Å². The molecule has 0 radical (unpaired) electrons. The highest BCUT2D eigenvalue weighted by Crippen LogP contribution is 2.29. The number of rotatable bonds is 5. The molecule has 4 rings (SSSR count). The van der Waals surface area contributed by atoms with E-state index in [2.05, 4.69) is 75.7 Å². The molecule has 3 aromatic carbocycles. The zero-order chi connectivity index (χ0) is 19.2. The minimum atomic E-state index is 0.256. The summed E-state index contributed by atoms with van der Waals surface area (Å²) in [6, 6.07) is 28.9. The number of nitrogens with zero attached hydrogens (tertiary/aromatic N) is 3. The first-order chi connectivity index (χ1) is 13.8. The van der Waals surface area contributed by atoms with Crippen molar-refractivity contribution in [2.75, 3.05) is 26.2 Å². The van der Waals surface area contributed by atoms with Crippen LogP contribution in [0.15, 0.2) is 90.0 Å². The molecule has 3 aromatic rings. The fourth-order valence-electron chi connectivity index (χ4n) is 3.71. The Balaban J connectivity index is 1.47. The molecule has 4 nitrogen and oxygen atoms in total. The SMILES string of the molecule is Oc1ccccc1/C=N/N1CCN(C(c2ccccc2)c2ccccc2)CC1. The summed E-state index contributed by atoms with van der Waals surface area (Å²) in [7, 11) is 0. The molecule has 0 aliphatic carbocycles. The molecular weight excluding hydrogens is 346 g/mol. The third-order valence-corrected chi connectivity index (χ3v) is 5.18. The molecule has 1 fully saturated rings. The number of aromatic hydroxyl groups is 1. The molecule has 1 heterocycles. The summed E-state index contributed by atoms with van der Waals surface area (Å²) < 4.78 is 0. The molecule has 0 unspecified atom stereocenters. The zero-order valence-electron chi connectivity index (χ0n) is 15.9. The first kappa shape index (κ1) is 18.3. The summed E-state index contributed by atoms with van der Waals surface area (Å²) in [6.07, 6.45) is 1.75. The Labute approximate surface area is 166 Å². The number of hydrogen-bond acceptors (Lipinski definition) is 4. The Morgan fingerprint density at radius 1 is 0.714 bits per heavy atom. The third kappa shape index (κ3) is 4.24. The van der Waals surface area contributed by atoms with E-state index in [1.807, 2.05) is 18.2 Å². The standard InChI is InChI=1S/C24H25N3O/c28-23-14-8-7-13-22(23)19-25-27-17-15-26(16-18-27)24(20-9-3-1-4-10-20)21-11-5-2-6-12-21/h1-14,19,24,28H,15-18H2/b25-19+. The van der Waals surface area contributed by atoms with Gasteiger partial charge in [-0.25, -0.2) is 0 Å². The molecule has 0 aromatic heterocycles. The van der Waals surface area contributed by atoms with Gasteiger partial charge in [-0.2, -0.15) is 5.10 Å². The number of phenolic OH excluding ortho intramolecular Hbond substituents is 1. The Kier molecular flexibility index (Phi) is 5.69. The lowest BCUT2D eigenvalue weighted by Crippen LogP contribution is -2.45. The van der Waals surface area contributed by atoms with E-state index >= 15 is 0 Å². The van der Waals surface area contributed by atoms with E-state index in [4.69, 9.17) is 0 Å². The maximum absolute atomic E-state index is 9.89. The van der Waals surface area contributed by atoms with Gasteiger partial charge in [-0.15, -0.1) is 0 Å². The van der Waals surface area contributed by atoms with Gasteiger partial charge in [-0.1, -0.05) is 72.8 Å². The van der Waals surface area contributed by atoms with E-state index in [9.17, 15) is 5.11 Å². The molecule has 0 bridgehead atoms. The first-order valence-electron chi connectivity index (χ1n) is 9.72. The lowest BCUT2D eigenvalue weighted by molar-refractivity contribution is 0.113. The van der Waals surface area contributed by atoms with Crippen molar-refractivity contribution in [3.63, 3.8) is 0 Å². The van der Waals surface area contributed by atoms with Crippen LogP contribution in [0.25, 0.3) is 0 Å². The Bertz CT molecular complexity index is 864. The second kappa shape index (κ2) is 8.72. The average molecular weight is 371 g/mol. The van der Waals surface area contributed by atoms with Crippen molar-refractivity contribution in [2.24, 2.45) is 5.10 Å². The molecule has 1 aliphatic rings. The van der Waals surface area contributed by atoms with Crippen LogP contribution in [0.3, 0.4) is 0 Å².